The minimum atomic E-state index is -0.766. The van der Waals surface area contributed by atoms with Crippen molar-refractivity contribution in [3.63, 3.8) is 0 Å². The molecule has 3 aromatic rings. The zero-order chi connectivity index (χ0) is 23.9. The van der Waals surface area contributed by atoms with Gasteiger partial charge in [-0.2, -0.15) is 0 Å². The van der Waals surface area contributed by atoms with Crippen LogP contribution in [0.25, 0.3) is 11.1 Å². The van der Waals surface area contributed by atoms with E-state index in [1.807, 2.05) is 24.3 Å². The Hall–Kier alpha value is -3.34. The summed E-state index contributed by atoms with van der Waals surface area (Å²) in [6, 6.07) is 17.0. The molecule has 1 N–H and O–H groups in total. The van der Waals surface area contributed by atoms with E-state index in [1.54, 1.807) is 19.2 Å². The Labute approximate surface area is 199 Å². The summed E-state index contributed by atoms with van der Waals surface area (Å²) >= 11 is 0. The molecule has 4 nitrogen and oxygen atoms in total. The first-order chi connectivity index (χ1) is 16.4. The molecule has 0 heterocycles. The summed E-state index contributed by atoms with van der Waals surface area (Å²) in [7, 11) is 1.59. The Morgan fingerprint density at radius 2 is 1.85 bits per heavy atom. The minimum Gasteiger partial charge on any atom is -0.497 e. The molecule has 0 amide bonds. The van der Waals surface area contributed by atoms with Crippen LogP contribution in [-0.2, 0) is 23.2 Å². The topological polar surface area (TPSA) is 55.8 Å². The summed E-state index contributed by atoms with van der Waals surface area (Å²) in [5, 5.41) is 9.21. The Morgan fingerprint density at radius 3 is 2.59 bits per heavy atom. The molecule has 176 valence electrons. The zero-order valence-corrected chi connectivity index (χ0v) is 19.6. The molecule has 0 saturated heterocycles. The Morgan fingerprint density at radius 1 is 1.06 bits per heavy atom. The predicted octanol–water partition coefficient (Wildman–Crippen LogP) is 6.64. The molecule has 2 aliphatic rings. The van der Waals surface area contributed by atoms with E-state index in [2.05, 4.69) is 19.1 Å². The van der Waals surface area contributed by atoms with Crippen molar-refractivity contribution in [2.45, 2.75) is 57.0 Å². The molecule has 0 aromatic heterocycles. The summed E-state index contributed by atoms with van der Waals surface area (Å²) in [4.78, 5) is 11.2. The number of carboxylic acids is 1. The van der Waals surface area contributed by atoms with Crippen molar-refractivity contribution in [2.75, 3.05) is 7.11 Å². The zero-order valence-electron chi connectivity index (χ0n) is 19.6. The van der Waals surface area contributed by atoms with Gasteiger partial charge >= 0.3 is 5.97 Å². The summed E-state index contributed by atoms with van der Waals surface area (Å²) < 4.78 is 26.2. The number of methoxy groups -OCH3 is 1. The highest BCUT2D eigenvalue weighted by atomic mass is 19.1. The second-order valence-electron chi connectivity index (χ2n) is 9.77. The minimum absolute atomic E-state index is 0.0402. The molecule has 3 aromatic carbocycles. The number of hydrogen-bond acceptors (Lipinski definition) is 3. The Balaban J connectivity index is 1.40. The van der Waals surface area contributed by atoms with Gasteiger partial charge in [0.1, 0.15) is 23.9 Å². The first-order valence-corrected chi connectivity index (χ1v) is 11.8. The molecule has 0 unspecified atom stereocenters. The Bertz CT molecular complexity index is 1240. The third kappa shape index (κ3) is 4.39. The number of aliphatic carboxylic acids is 1. The lowest BCUT2D eigenvalue weighted by atomic mass is 9.88. The van der Waals surface area contributed by atoms with E-state index in [0.717, 1.165) is 53.7 Å². The van der Waals surface area contributed by atoms with E-state index in [-0.39, 0.29) is 23.6 Å². The summed E-state index contributed by atoms with van der Waals surface area (Å²) in [5.41, 5.74) is 5.96. The molecule has 34 heavy (non-hydrogen) atoms. The molecule has 5 heteroatoms. The molecule has 1 fully saturated rings. The molecule has 1 atom stereocenters. The highest BCUT2D eigenvalue weighted by Crippen LogP contribution is 2.51. The maximum Gasteiger partial charge on any atom is 0.303 e. The molecular formula is C29H29FO4. The van der Waals surface area contributed by atoms with Crippen LogP contribution < -0.4 is 9.47 Å². The molecule has 0 bridgehead atoms. The van der Waals surface area contributed by atoms with E-state index in [9.17, 15) is 14.3 Å². The second-order valence-corrected chi connectivity index (χ2v) is 9.77. The summed E-state index contributed by atoms with van der Waals surface area (Å²) in [6.07, 6.45) is 4.09. The van der Waals surface area contributed by atoms with Crippen LogP contribution in [0.15, 0.2) is 54.6 Å². The van der Waals surface area contributed by atoms with Crippen molar-refractivity contribution >= 4 is 5.97 Å². The van der Waals surface area contributed by atoms with Gasteiger partial charge in [0, 0.05) is 5.56 Å². The third-order valence-electron chi connectivity index (χ3n) is 7.34. The number of carboxylic acid groups (broad SMARTS) is 1. The lowest BCUT2D eigenvalue weighted by Gasteiger charge is -2.19. The molecule has 0 spiro atoms. The number of carbonyl (C=O) groups is 1. The van der Waals surface area contributed by atoms with Crippen LogP contribution in [-0.4, -0.2) is 18.2 Å². The molecule has 0 aliphatic heterocycles. The Kier molecular flexibility index (Phi) is 5.80. The SMILES string of the molecule is COc1ccc(F)c(-c2ccc(COc3ccc4c(c3)[C@@H](CC(=O)O)CC4)cc2C2(C)CC2)c1. The van der Waals surface area contributed by atoms with Crippen LogP contribution in [0.5, 0.6) is 11.5 Å². The number of hydrogen-bond donors (Lipinski definition) is 1. The van der Waals surface area contributed by atoms with Crippen molar-refractivity contribution in [3.05, 3.63) is 82.7 Å². The number of aryl methyl sites for hydroxylation is 1. The lowest BCUT2D eigenvalue weighted by Crippen LogP contribution is -2.06. The van der Waals surface area contributed by atoms with Gasteiger partial charge in [-0.3, -0.25) is 4.79 Å². The van der Waals surface area contributed by atoms with Gasteiger partial charge in [0.25, 0.3) is 0 Å². The molecule has 0 radical (unpaired) electrons. The fourth-order valence-corrected chi connectivity index (χ4v) is 5.06. The molecule has 2 aliphatic carbocycles. The van der Waals surface area contributed by atoms with Gasteiger partial charge in [-0.25, -0.2) is 4.39 Å². The van der Waals surface area contributed by atoms with Crippen LogP contribution in [0.2, 0.25) is 0 Å². The van der Waals surface area contributed by atoms with Crippen molar-refractivity contribution in [3.8, 4) is 22.6 Å². The predicted molar refractivity (Wildman–Crippen MR) is 129 cm³/mol. The normalized spacial score (nSPS) is 17.8. The van der Waals surface area contributed by atoms with Gasteiger partial charge in [-0.1, -0.05) is 31.2 Å². The number of fused-ring (bicyclic) bond motifs is 1. The number of ether oxygens (including phenoxy) is 2. The van der Waals surface area contributed by atoms with Gasteiger partial charge in [0.2, 0.25) is 0 Å². The quantitative estimate of drug-likeness (QED) is 0.410. The van der Waals surface area contributed by atoms with E-state index in [4.69, 9.17) is 9.47 Å². The number of rotatable bonds is 8. The van der Waals surface area contributed by atoms with Gasteiger partial charge in [0.05, 0.1) is 13.5 Å². The molecule has 5 rings (SSSR count). The van der Waals surface area contributed by atoms with Gasteiger partial charge in [0.15, 0.2) is 0 Å². The van der Waals surface area contributed by atoms with Gasteiger partial charge in [-0.15, -0.1) is 0 Å². The maximum atomic E-state index is 14.8. The van der Waals surface area contributed by atoms with Crippen molar-refractivity contribution in [1.82, 2.24) is 0 Å². The fraction of sp³-hybridized carbons (Fsp3) is 0.345. The van der Waals surface area contributed by atoms with Crippen molar-refractivity contribution in [1.29, 1.82) is 0 Å². The third-order valence-corrected chi connectivity index (χ3v) is 7.34. The highest BCUT2D eigenvalue weighted by molar-refractivity contribution is 5.72. The maximum absolute atomic E-state index is 14.8. The summed E-state index contributed by atoms with van der Waals surface area (Å²) in [5.74, 6) is 0.406. The van der Waals surface area contributed by atoms with Gasteiger partial charge in [-0.05, 0) is 95.2 Å². The summed E-state index contributed by atoms with van der Waals surface area (Å²) in [6.45, 7) is 2.62. The van der Waals surface area contributed by atoms with Gasteiger partial charge < -0.3 is 14.6 Å². The molecule has 1 saturated carbocycles. The van der Waals surface area contributed by atoms with Crippen LogP contribution in [0, 0.1) is 5.82 Å². The first-order valence-electron chi connectivity index (χ1n) is 11.8. The van der Waals surface area contributed by atoms with Crippen LogP contribution >= 0.6 is 0 Å². The van der Waals surface area contributed by atoms with Crippen molar-refractivity contribution < 1.29 is 23.8 Å². The van der Waals surface area contributed by atoms with E-state index in [1.165, 1.54) is 11.6 Å². The van der Waals surface area contributed by atoms with Crippen LogP contribution in [0.1, 0.15) is 60.8 Å². The first kappa shape index (κ1) is 22.5. The largest absolute Gasteiger partial charge is 0.497 e. The smallest absolute Gasteiger partial charge is 0.303 e. The van der Waals surface area contributed by atoms with E-state index < -0.39 is 5.97 Å². The average Bonchev–Trinajstić information content (AvgIpc) is 3.47. The van der Waals surface area contributed by atoms with Crippen LogP contribution in [0.3, 0.4) is 0 Å². The highest BCUT2D eigenvalue weighted by Gasteiger charge is 2.41. The fourth-order valence-electron chi connectivity index (χ4n) is 5.06. The molecular weight excluding hydrogens is 431 g/mol. The number of halogens is 1. The standard InChI is InChI=1S/C29H29FO4/c1-29(11-12-29)26-13-18(3-9-23(26)25-15-21(33-2)8-10-27(25)30)17-34-22-7-6-19-4-5-20(14-28(31)32)24(19)16-22/h3,6-10,13,15-16,20H,4-5,11-12,14,17H2,1-2H3,(H,31,32)/t20-/m1/s1. The van der Waals surface area contributed by atoms with Crippen LogP contribution in [0.4, 0.5) is 4.39 Å². The second kappa shape index (κ2) is 8.79. The lowest BCUT2D eigenvalue weighted by molar-refractivity contribution is -0.137. The van der Waals surface area contributed by atoms with Crippen molar-refractivity contribution in [2.24, 2.45) is 0 Å². The van der Waals surface area contributed by atoms with E-state index >= 15 is 0 Å². The monoisotopic (exact) mass is 460 g/mol. The average molecular weight is 461 g/mol. The van der Waals surface area contributed by atoms with E-state index in [0.29, 0.717) is 17.9 Å². The number of benzene rings is 3.